The Labute approximate surface area is 168 Å². The first-order chi connectivity index (χ1) is 14.0. The number of nitrogens with zero attached hydrogens (tertiary/aromatic N) is 2. The fourth-order valence-electron chi connectivity index (χ4n) is 2.99. The van der Waals surface area contributed by atoms with Crippen LogP contribution in [0.25, 0.3) is 22.3 Å². The molecule has 1 heterocycles. The van der Waals surface area contributed by atoms with E-state index in [4.69, 9.17) is 9.88 Å². The maximum Gasteiger partial charge on any atom is 0.240 e. The second-order valence-corrected chi connectivity index (χ2v) is 7.84. The summed E-state index contributed by atoms with van der Waals surface area (Å²) in [5, 5.41) is 9.24. The summed E-state index contributed by atoms with van der Waals surface area (Å²) >= 11 is 0. The van der Waals surface area contributed by atoms with Crippen LogP contribution in [-0.2, 0) is 10.0 Å². The maximum atomic E-state index is 11.9. The predicted octanol–water partition coefficient (Wildman–Crippen LogP) is 3.70. The zero-order valence-electron chi connectivity index (χ0n) is 15.5. The van der Waals surface area contributed by atoms with Crippen LogP contribution in [-0.4, -0.2) is 25.5 Å². The van der Waals surface area contributed by atoms with Gasteiger partial charge in [-0.25, -0.2) is 23.5 Å². The van der Waals surface area contributed by atoms with Gasteiger partial charge >= 0.3 is 0 Å². The average molecular weight is 406 g/mol. The maximum absolute atomic E-state index is 11.9. The molecule has 0 unspecified atom stereocenters. The summed E-state index contributed by atoms with van der Waals surface area (Å²) in [4.78, 5) is 9.28. The highest BCUT2D eigenvalue weighted by Gasteiger charge is 2.16. The van der Waals surface area contributed by atoms with Gasteiger partial charge in [-0.15, -0.1) is 0 Å². The molecule has 0 saturated carbocycles. The Hall–Kier alpha value is -3.49. The largest absolute Gasteiger partial charge is 0.497 e. The van der Waals surface area contributed by atoms with Crippen LogP contribution in [0.2, 0.25) is 0 Å². The number of aromatic nitrogens is 2. The zero-order valence-corrected chi connectivity index (χ0v) is 16.3. The molecule has 0 spiro atoms. The number of hydrogen-bond donors (Lipinski definition) is 2. The Morgan fingerprint density at radius 1 is 0.897 bits per heavy atom. The van der Waals surface area contributed by atoms with Crippen molar-refractivity contribution in [3.8, 4) is 17.1 Å². The van der Waals surface area contributed by atoms with E-state index >= 15 is 0 Å². The van der Waals surface area contributed by atoms with Crippen molar-refractivity contribution in [2.24, 2.45) is 5.14 Å². The van der Waals surface area contributed by atoms with Crippen molar-refractivity contribution in [1.29, 1.82) is 0 Å². The Kier molecular flexibility index (Phi) is 4.87. The third-order valence-corrected chi connectivity index (χ3v) is 5.37. The van der Waals surface area contributed by atoms with Gasteiger partial charge in [0.2, 0.25) is 10.0 Å². The molecule has 4 rings (SSSR count). The number of nitrogens with one attached hydrogen (secondary N) is 1. The molecular formula is C21H18N4O3S. The van der Waals surface area contributed by atoms with Gasteiger partial charge < -0.3 is 10.1 Å². The summed E-state index contributed by atoms with van der Waals surface area (Å²) in [6.07, 6.45) is 0. The van der Waals surface area contributed by atoms with Crippen molar-refractivity contribution >= 4 is 32.4 Å². The zero-order chi connectivity index (χ0) is 20.4. The van der Waals surface area contributed by atoms with Crippen LogP contribution in [0.1, 0.15) is 0 Å². The second-order valence-electron chi connectivity index (χ2n) is 6.31. The van der Waals surface area contributed by atoms with Crippen LogP contribution in [0.4, 0.5) is 11.5 Å². The smallest absolute Gasteiger partial charge is 0.240 e. The van der Waals surface area contributed by atoms with Crippen LogP contribution in [0.5, 0.6) is 5.75 Å². The number of fused-ring (bicyclic) bond motifs is 1. The molecule has 0 radical (unpaired) electrons. The normalized spacial score (nSPS) is 11.4. The topological polar surface area (TPSA) is 107 Å². The third-order valence-electron chi connectivity index (χ3n) is 4.40. The van der Waals surface area contributed by atoms with Gasteiger partial charge in [0.05, 0.1) is 18.3 Å². The van der Waals surface area contributed by atoms with Gasteiger partial charge in [-0.05, 0) is 48.5 Å². The lowest BCUT2D eigenvalue weighted by atomic mass is 10.1. The highest BCUT2D eigenvalue weighted by Crippen LogP contribution is 2.30. The van der Waals surface area contributed by atoms with Crippen molar-refractivity contribution in [3.63, 3.8) is 0 Å². The summed E-state index contributed by atoms with van der Waals surface area (Å²) in [5.41, 5.74) is 1.88. The fourth-order valence-corrected chi connectivity index (χ4v) is 3.68. The summed E-state index contributed by atoms with van der Waals surface area (Å²) in [5.74, 6) is 1.72. The number of sulfonamides is 1. The molecule has 0 saturated heterocycles. The van der Waals surface area contributed by atoms with E-state index < -0.39 is 10.0 Å². The molecule has 0 aliphatic heterocycles. The number of hydrogen-bond acceptors (Lipinski definition) is 6. The van der Waals surface area contributed by atoms with Crippen molar-refractivity contribution < 1.29 is 13.2 Å². The van der Waals surface area contributed by atoms with Gasteiger partial charge in [-0.3, -0.25) is 0 Å². The predicted molar refractivity (Wildman–Crippen MR) is 113 cm³/mol. The summed E-state index contributed by atoms with van der Waals surface area (Å²) in [6.45, 7) is 0. The van der Waals surface area contributed by atoms with E-state index in [2.05, 4.69) is 15.3 Å². The third kappa shape index (κ3) is 3.89. The molecule has 0 aliphatic carbocycles. The average Bonchev–Trinajstić information content (AvgIpc) is 2.73. The van der Waals surface area contributed by atoms with Crippen LogP contribution < -0.4 is 15.2 Å². The molecule has 29 heavy (non-hydrogen) atoms. The van der Waals surface area contributed by atoms with Crippen LogP contribution in [0.3, 0.4) is 0 Å². The van der Waals surface area contributed by atoms with Crippen LogP contribution in [0.15, 0.2) is 77.7 Å². The minimum absolute atomic E-state index is 0.00584. The lowest BCUT2D eigenvalue weighted by Crippen LogP contribution is -2.14. The molecular weight excluding hydrogens is 388 g/mol. The number of ether oxygens (including phenoxy) is 1. The summed E-state index contributed by atoms with van der Waals surface area (Å²) in [6, 6.07) is 21.3. The second kappa shape index (κ2) is 7.50. The molecule has 7 nitrogen and oxygen atoms in total. The highest BCUT2D eigenvalue weighted by molar-refractivity contribution is 7.89. The molecule has 0 aliphatic rings. The number of benzene rings is 3. The number of rotatable bonds is 5. The number of primary sulfonamides is 1. The SMILES string of the molecule is COc1ccc(-c2nc(Nc3ccccc3S(N)(=O)=O)c3ccccc3n2)cc1. The molecule has 0 atom stereocenters. The van der Waals surface area contributed by atoms with E-state index in [9.17, 15) is 8.42 Å². The van der Waals surface area contributed by atoms with Gasteiger partial charge in [-0.1, -0.05) is 24.3 Å². The van der Waals surface area contributed by atoms with Gasteiger partial charge in [0, 0.05) is 10.9 Å². The van der Waals surface area contributed by atoms with Gasteiger partial charge in [0.1, 0.15) is 16.5 Å². The molecule has 0 amide bonds. The van der Waals surface area contributed by atoms with Crippen molar-refractivity contribution in [2.45, 2.75) is 4.90 Å². The molecule has 1 aromatic heterocycles. The van der Waals surface area contributed by atoms with Gasteiger partial charge in [-0.2, -0.15) is 0 Å². The van der Waals surface area contributed by atoms with Gasteiger partial charge in [0.25, 0.3) is 0 Å². The number of methoxy groups -OCH3 is 1. The molecule has 3 N–H and O–H groups in total. The molecule has 3 aromatic carbocycles. The van der Waals surface area contributed by atoms with E-state index in [1.807, 2.05) is 48.5 Å². The fraction of sp³-hybridized carbons (Fsp3) is 0.0476. The Morgan fingerprint density at radius 3 is 2.31 bits per heavy atom. The standard InChI is InChI=1S/C21H18N4O3S/c1-28-15-12-10-14(11-13-15)20-23-17-7-3-2-6-16(17)21(25-20)24-18-8-4-5-9-19(18)29(22,26)27/h2-13H,1H3,(H2,22,26,27)(H,23,24,25). The quantitative estimate of drug-likeness (QED) is 0.523. The molecule has 4 aromatic rings. The van der Waals surface area contributed by atoms with E-state index in [0.717, 1.165) is 22.2 Å². The molecule has 0 fully saturated rings. The highest BCUT2D eigenvalue weighted by atomic mass is 32.2. The minimum Gasteiger partial charge on any atom is -0.497 e. The van der Waals surface area contributed by atoms with E-state index in [-0.39, 0.29) is 4.90 Å². The van der Waals surface area contributed by atoms with Gasteiger partial charge in [0.15, 0.2) is 5.82 Å². The lowest BCUT2D eigenvalue weighted by Gasteiger charge is -2.13. The number of nitrogens with two attached hydrogens (primary N) is 1. The van der Waals surface area contributed by atoms with Crippen molar-refractivity contribution in [2.75, 3.05) is 12.4 Å². The first-order valence-corrected chi connectivity index (χ1v) is 10.3. The molecule has 146 valence electrons. The Bertz CT molecular complexity index is 1290. The summed E-state index contributed by atoms with van der Waals surface area (Å²) < 4.78 is 29.1. The van der Waals surface area contributed by atoms with E-state index in [0.29, 0.717) is 17.3 Å². The number of anilines is 2. The molecule has 0 bridgehead atoms. The van der Waals surface area contributed by atoms with Crippen molar-refractivity contribution in [3.05, 3.63) is 72.8 Å². The number of para-hydroxylation sites is 2. The first-order valence-electron chi connectivity index (χ1n) is 8.76. The van der Waals surface area contributed by atoms with Crippen LogP contribution in [0, 0.1) is 0 Å². The Balaban J connectivity index is 1.86. The first kappa shape index (κ1) is 18.9. The molecule has 8 heteroatoms. The lowest BCUT2D eigenvalue weighted by molar-refractivity contribution is 0.415. The van der Waals surface area contributed by atoms with E-state index in [1.165, 1.54) is 6.07 Å². The monoisotopic (exact) mass is 406 g/mol. The van der Waals surface area contributed by atoms with Crippen LogP contribution >= 0.6 is 0 Å². The van der Waals surface area contributed by atoms with E-state index in [1.54, 1.807) is 25.3 Å². The summed E-state index contributed by atoms with van der Waals surface area (Å²) in [7, 11) is -2.29. The minimum atomic E-state index is -3.90. The van der Waals surface area contributed by atoms with Crippen molar-refractivity contribution in [1.82, 2.24) is 9.97 Å². The Morgan fingerprint density at radius 2 is 1.59 bits per heavy atom.